The minimum absolute atomic E-state index is 0.174. The fourth-order valence-electron chi connectivity index (χ4n) is 1.98. The summed E-state index contributed by atoms with van der Waals surface area (Å²) >= 11 is 5.90. The van der Waals surface area contributed by atoms with Crippen LogP contribution in [0.15, 0.2) is 51.6 Å². The molecular weight excluding hydrogens is 348 g/mol. The summed E-state index contributed by atoms with van der Waals surface area (Å²) in [5.41, 5.74) is 0.640. The molecule has 2 heterocycles. The molecule has 1 aromatic carbocycles. The second-order valence-electron chi connectivity index (χ2n) is 4.92. The molecule has 0 unspecified atom stereocenters. The number of furan rings is 1. The van der Waals surface area contributed by atoms with Crippen LogP contribution in [0, 0.1) is 0 Å². The van der Waals surface area contributed by atoms with Crippen LogP contribution in [0.4, 0.5) is 0 Å². The van der Waals surface area contributed by atoms with Gasteiger partial charge in [0.05, 0.1) is 6.26 Å². The number of amides is 2. The number of nitrogens with one attached hydrogen (secondary N) is 2. The van der Waals surface area contributed by atoms with E-state index in [1.165, 1.54) is 6.26 Å². The third-order valence-corrected chi connectivity index (χ3v) is 3.38. The summed E-state index contributed by atoms with van der Waals surface area (Å²) in [5, 5.41) is 9.45. The van der Waals surface area contributed by atoms with Crippen LogP contribution in [-0.2, 0) is 0 Å². The normalized spacial score (nSPS) is 10.4. The van der Waals surface area contributed by atoms with E-state index in [9.17, 15) is 9.59 Å². The maximum atomic E-state index is 12.0. The van der Waals surface area contributed by atoms with Crippen molar-refractivity contribution in [2.24, 2.45) is 0 Å². The standard InChI is InChI=1S/C16H13ClN4O4/c17-11-4-1-3-10(9-11)13-20-16(25-21-13)15(23)19-7-6-18-14(22)12-5-2-8-24-12/h1-5,8-9H,6-7H2,(H,18,22)(H,19,23). The average molecular weight is 361 g/mol. The van der Waals surface area contributed by atoms with Gasteiger partial charge in [-0.1, -0.05) is 28.9 Å². The fourth-order valence-corrected chi connectivity index (χ4v) is 2.17. The molecule has 0 aliphatic carbocycles. The predicted molar refractivity (Wildman–Crippen MR) is 88.1 cm³/mol. The highest BCUT2D eigenvalue weighted by molar-refractivity contribution is 6.30. The lowest BCUT2D eigenvalue weighted by Crippen LogP contribution is -2.34. The zero-order valence-electron chi connectivity index (χ0n) is 12.9. The van der Waals surface area contributed by atoms with Crippen LogP contribution in [0.2, 0.25) is 5.02 Å². The number of nitrogens with zero attached hydrogens (tertiary/aromatic N) is 2. The van der Waals surface area contributed by atoms with E-state index in [0.29, 0.717) is 10.6 Å². The van der Waals surface area contributed by atoms with Crippen LogP contribution >= 0.6 is 11.6 Å². The molecule has 0 spiro atoms. The van der Waals surface area contributed by atoms with Gasteiger partial charge in [0.25, 0.3) is 5.91 Å². The lowest BCUT2D eigenvalue weighted by molar-refractivity contribution is 0.0891. The zero-order valence-corrected chi connectivity index (χ0v) is 13.6. The molecule has 0 aliphatic heterocycles. The molecule has 0 saturated heterocycles. The molecule has 0 radical (unpaired) electrons. The molecule has 9 heteroatoms. The molecule has 3 rings (SSSR count). The van der Waals surface area contributed by atoms with Crippen molar-refractivity contribution in [3.05, 3.63) is 59.3 Å². The van der Waals surface area contributed by atoms with Crippen molar-refractivity contribution in [2.45, 2.75) is 0 Å². The first-order chi connectivity index (χ1) is 12.1. The summed E-state index contributed by atoms with van der Waals surface area (Å²) in [7, 11) is 0. The first-order valence-corrected chi connectivity index (χ1v) is 7.71. The van der Waals surface area contributed by atoms with Crippen molar-refractivity contribution < 1.29 is 18.5 Å². The molecule has 25 heavy (non-hydrogen) atoms. The number of hydrogen-bond acceptors (Lipinski definition) is 6. The highest BCUT2D eigenvalue weighted by Gasteiger charge is 2.16. The number of carbonyl (C=O) groups is 2. The molecule has 2 N–H and O–H groups in total. The van der Waals surface area contributed by atoms with Gasteiger partial charge in [0.2, 0.25) is 5.82 Å². The van der Waals surface area contributed by atoms with Crippen LogP contribution in [0.5, 0.6) is 0 Å². The molecule has 3 aromatic rings. The van der Waals surface area contributed by atoms with Crippen LogP contribution in [-0.4, -0.2) is 35.0 Å². The second-order valence-corrected chi connectivity index (χ2v) is 5.36. The Bertz CT molecular complexity index is 876. The smallest absolute Gasteiger partial charge is 0.316 e. The highest BCUT2D eigenvalue weighted by Crippen LogP contribution is 2.19. The summed E-state index contributed by atoms with van der Waals surface area (Å²) in [5.74, 6) is -0.603. The lowest BCUT2D eigenvalue weighted by atomic mass is 10.2. The van der Waals surface area contributed by atoms with Crippen LogP contribution < -0.4 is 10.6 Å². The van der Waals surface area contributed by atoms with Gasteiger partial charge < -0.3 is 19.6 Å². The van der Waals surface area contributed by atoms with E-state index >= 15 is 0 Å². The van der Waals surface area contributed by atoms with Crippen molar-refractivity contribution in [3.8, 4) is 11.4 Å². The average Bonchev–Trinajstić information content (AvgIpc) is 3.30. The van der Waals surface area contributed by atoms with E-state index < -0.39 is 5.91 Å². The molecular formula is C16H13ClN4O4. The number of benzene rings is 1. The molecule has 0 saturated carbocycles. The molecule has 0 atom stereocenters. The van der Waals surface area contributed by atoms with Gasteiger partial charge in [-0.25, -0.2) is 0 Å². The molecule has 8 nitrogen and oxygen atoms in total. The molecule has 0 fully saturated rings. The van der Waals surface area contributed by atoms with Gasteiger partial charge in [0, 0.05) is 23.7 Å². The Balaban J connectivity index is 1.50. The van der Waals surface area contributed by atoms with Gasteiger partial charge in [-0.3, -0.25) is 9.59 Å². The Morgan fingerprint density at radius 2 is 1.88 bits per heavy atom. The van der Waals surface area contributed by atoms with E-state index in [0.717, 1.165) is 0 Å². The number of carbonyl (C=O) groups excluding carboxylic acids is 2. The maximum absolute atomic E-state index is 12.0. The van der Waals surface area contributed by atoms with Gasteiger partial charge >= 0.3 is 11.8 Å². The third kappa shape index (κ3) is 4.24. The predicted octanol–water partition coefficient (Wildman–Crippen LogP) is 2.14. The Labute approximate surface area is 147 Å². The number of hydrogen-bond donors (Lipinski definition) is 2. The largest absolute Gasteiger partial charge is 0.459 e. The minimum Gasteiger partial charge on any atom is -0.459 e. The zero-order chi connectivity index (χ0) is 17.6. The quantitative estimate of drug-likeness (QED) is 0.652. The Morgan fingerprint density at radius 3 is 2.60 bits per heavy atom. The summed E-state index contributed by atoms with van der Waals surface area (Å²) in [6.45, 7) is 0.417. The Kier molecular flexibility index (Phi) is 5.10. The van der Waals surface area contributed by atoms with Gasteiger partial charge in [0.1, 0.15) is 0 Å². The summed E-state index contributed by atoms with van der Waals surface area (Å²) < 4.78 is 9.89. The Morgan fingerprint density at radius 1 is 1.08 bits per heavy atom. The number of rotatable bonds is 6. The Hall–Kier alpha value is -3.13. The monoisotopic (exact) mass is 360 g/mol. The number of halogens is 1. The van der Waals surface area contributed by atoms with Crippen molar-refractivity contribution in [3.63, 3.8) is 0 Å². The fraction of sp³-hybridized carbons (Fsp3) is 0.125. The van der Waals surface area contributed by atoms with Crippen LogP contribution in [0.25, 0.3) is 11.4 Å². The molecule has 2 amide bonds. The molecule has 128 valence electrons. The van der Waals surface area contributed by atoms with Gasteiger partial charge in [0.15, 0.2) is 5.76 Å². The van der Waals surface area contributed by atoms with Gasteiger partial charge in [-0.05, 0) is 24.3 Å². The third-order valence-electron chi connectivity index (χ3n) is 3.14. The van der Waals surface area contributed by atoms with E-state index in [1.54, 1.807) is 36.4 Å². The first-order valence-electron chi connectivity index (χ1n) is 7.33. The highest BCUT2D eigenvalue weighted by atomic mass is 35.5. The van der Waals surface area contributed by atoms with E-state index in [4.69, 9.17) is 20.5 Å². The van der Waals surface area contributed by atoms with E-state index in [-0.39, 0.29) is 36.5 Å². The van der Waals surface area contributed by atoms with Gasteiger partial charge in [-0.15, -0.1) is 0 Å². The minimum atomic E-state index is -0.534. The maximum Gasteiger partial charge on any atom is 0.316 e. The summed E-state index contributed by atoms with van der Waals surface area (Å²) in [4.78, 5) is 27.6. The second kappa shape index (κ2) is 7.63. The molecule has 0 bridgehead atoms. The lowest BCUT2D eigenvalue weighted by Gasteiger charge is -2.03. The molecule has 0 aliphatic rings. The van der Waals surface area contributed by atoms with Gasteiger partial charge in [-0.2, -0.15) is 4.98 Å². The van der Waals surface area contributed by atoms with Crippen molar-refractivity contribution in [1.82, 2.24) is 20.8 Å². The van der Waals surface area contributed by atoms with Crippen molar-refractivity contribution >= 4 is 23.4 Å². The topological polar surface area (TPSA) is 110 Å². The van der Waals surface area contributed by atoms with E-state index in [2.05, 4.69) is 20.8 Å². The summed E-state index contributed by atoms with van der Waals surface area (Å²) in [6.07, 6.45) is 1.41. The SMILES string of the molecule is O=C(NCCNC(=O)c1nc(-c2cccc(Cl)c2)no1)c1ccco1. The number of aromatic nitrogens is 2. The first kappa shape index (κ1) is 16.7. The van der Waals surface area contributed by atoms with Crippen LogP contribution in [0.1, 0.15) is 21.2 Å². The molecule has 2 aromatic heterocycles. The van der Waals surface area contributed by atoms with Crippen molar-refractivity contribution in [1.29, 1.82) is 0 Å². The van der Waals surface area contributed by atoms with Crippen LogP contribution in [0.3, 0.4) is 0 Å². The van der Waals surface area contributed by atoms with E-state index in [1.807, 2.05) is 0 Å². The summed E-state index contributed by atoms with van der Waals surface area (Å²) in [6, 6.07) is 10.0. The van der Waals surface area contributed by atoms with Crippen molar-refractivity contribution in [2.75, 3.05) is 13.1 Å².